The van der Waals surface area contributed by atoms with Crippen molar-refractivity contribution in [3.63, 3.8) is 0 Å². The van der Waals surface area contributed by atoms with Gasteiger partial charge in [0.2, 0.25) is 5.91 Å². The molecule has 3 N–H and O–H groups in total. The van der Waals surface area contributed by atoms with E-state index in [2.05, 4.69) is 5.32 Å². The van der Waals surface area contributed by atoms with Crippen molar-refractivity contribution in [3.05, 3.63) is 24.3 Å². The molecule has 2 atom stereocenters. The Morgan fingerprint density at radius 2 is 2.30 bits per heavy atom. The number of rotatable bonds is 4. The molecule has 0 aliphatic heterocycles. The predicted octanol–water partition coefficient (Wildman–Crippen LogP) is 2.93. The molecule has 0 bridgehead atoms. The van der Waals surface area contributed by atoms with E-state index in [4.69, 9.17) is 10.5 Å². The fraction of sp³-hybridized carbons (Fsp3) is 0.562. The van der Waals surface area contributed by atoms with Gasteiger partial charge in [0.1, 0.15) is 5.75 Å². The monoisotopic (exact) mass is 276 g/mol. The number of anilines is 1. The summed E-state index contributed by atoms with van der Waals surface area (Å²) in [5, 5.41) is 2.97. The first-order valence-electron chi connectivity index (χ1n) is 7.35. The molecule has 4 nitrogen and oxygen atoms in total. The van der Waals surface area contributed by atoms with Gasteiger partial charge >= 0.3 is 0 Å². The highest BCUT2D eigenvalue weighted by molar-refractivity contribution is 5.93. The Balaban J connectivity index is 2.05. The fourth-order valence-electron chi connectivity index (χ4n) is 2.85. The number of amides is 1. The Morgan fingerprint density at radius 3 is 3.00 bits per heavy atom. The van der Waals surface area contributed by atoms with Crippen LogP contribution in [0, 0.1) is 5.92 Å². The second-order valence-electron chi connectivity index (χ2n) is 5.75. The van der Waals surface area contributed by atoms with Crippen molar-refractivity contribution < 1.29 is 9.53 Å². The van der Waals surface area contributed by atoms with Crippen molar-refractivity contribution in [2.24, 2.45) is 11.7 Å². The summed E-state index contributed by atoms with van der Waals surface area (Å²) >= 11 is 0. The summed E-state index contributed by atoms with van der Waals surface area (Å²) < 4.78 is 5.44. The van der Waals surface area contributed by atoms with Crippen molar-refractivity contribution >= 4 is 11.6 Å². The van der Waals surface area contributed by atoms with Gasteiger partial charge in [-0.15, -0.1) is 0 Å². The van der Waals surface area contributed by atoms with Gasteiger partial charge < -0.3 is 15.8 Å². The molecule has 1 aliphatic rings. The van der Waals surface area contributed by atoms with E-state index >= 15 is 0 Å². The zero-order chi connectivity index (χ0) is 14.6. The molecule has 1 saturated carbocycles. The molecule has 1 fully saturated rings. The minimum atomic E-state index is -0.403. The fourth-order valence-corrected chi connectivity index (χ4v) is 2.85. The van der Waals surface area contributed by atoms with E-state index in [9.17, 15) is 4.79 Å². The van der Waals surface area contributed by atoms with E-state index in [1.807, 2.05) is 38.1 Å². The zero-order valence-corrected chi connectivity index (χ0v) is 12.3. The van der Waals surface area contributed by atoms with E-state index in [0.717, 1.165) is 37.1 Å². The van der Waals surface area contributed by atoms with Gasteiger partial charge in [0, 0.05) is 17.3 Å². The van der Waals surface area contributed by atoms with Crippen LogP contribution >= 0.6 is 0 Å². The molecule has 0 spiro atoms. The summed E-state index contributed by atoms with van der Waals surface area (Å²) in [5.74, 6) is 0.666. The van der Waals surface area contributed by atoms with Crippen LogP contribution in [-0.4, -0.2) is 18.1 Å². The lowest BCUT2D eigenvalue weighted by atomic mass is 9.74. The molecule has 2 rings (SSSR count). The first-order chi connectivity index (χ1) is 9.53. The van der Waals surface area contributed by atoms with Crippen LogP contribution in [0.4, 0.5) is 5.69 Å². The second-order valence-corrected chi connectivity index (χ2v) is 5.75. The highest BCUT2D eigenvalue weighted by Crippen LogP contribution is 2.32. The topological polar surface area (TPSA) is 64.3 Å². The maximum atomic E-state index is 12.4. The quantitative estimate of drug-likeness (QED) is 0.888. The summed E-state index contributed by atoms with van der Waals surface area (Å²) in [7, 11) is 0. The van der Waals surface area contributed by atoms with E-state index < -0.39 is 5.54 Å². The summed E-state index contributed by atoms with van der Waals surface area (Å²) in [4.78, 5) is 12.4. The average Bonchev–Trinajstić information content (AvgIpc) is 2.38. The number of benzene rings is 1. The van der Waals surface area contributed by atoms with E-state index in [1.165, 1.54) is 0 Å². The van der Waals surface area contributed by atoms with Crippen molar-refractivity contribution in [1.82, 2.24) is 0 Å². The number of ether oxygens (including phenoxy) is 1. The van der Waals surface area contributed by atoms with Crippen LogP contribution in [0.3, 0.4) is 0 Å². The molecule has 0 aromatic heterocycles. The summed E-state index contributed by atoms with van der Waals surface area (Å²) in [6.45, 7) is 4.53. The highest BCUT2D eigenvalue weighted by atomic mass is 16.5. The molecule has 20 heavy (non-hydrogen) atoms. The first-order valence-corrected chi connectivity index (χ1v) is 7.35. The van der Waals surface area contributed by atoms with Gasteiger partial charge in [0.05, 0.1) is 12.5 Å². The molecule has 4 heteroatoms. The second kappa shape index (κ2) is 6.27. The van der Waals surface area contributed by atoms with E-state index in [-0.39, 0.29) is 11.8 Å². The van der Waals surface area contributed by atoms with Crippen molar-refractivity contribution in [2.45, 2.75) is 45.1 Å². The standard InChI is InChI=1S/C16H24N2O2/c1-3-20-13-8-6-7-12(11-13)18-15(19)14-9-4-5-10-16(14,2)17/h6-8,11,14H,3-5,9-10,17H2,1-2H3,(H,18,19). The van der Waals surface area contributed by atoms with Crippen LogP contribution < -0.4 is 15.8 Å². The summed E-state index contributed by atoms with van der Waals surface area (Å²) in [6, 6.07) is 7.48. The Morgan fingerprint density at radius 1 is 1.50 bits per heavy atom. The molecule has 1 aliphatic carbocycles. The lowest BCUT2D eigenvalue weighted by Gasteiger charge is -2.37. The van der Waals surface area contributed by atoms with Gasteiger partial charge in [0.25, 0.3) is 0 Å². The van der Waals surface area contributed by atoms with E-state index in [0.29, 0.717) is 6.61 Å². The maximum absolute atomic E-state index is 12.4. The van der Waals surface area contributed by atoms with Gasteiger partial charge in [-0.05, 0) is 38.8 Å². The molecule has 1 aromatic carbocycles. The Labute approximate surface area is 120 Å². The summed E-state index contributed by atoms with van der Waals surface area (Å²) in [5.41, 5.74) is 6.63. The third-order valence-corrected chi connectivity index (χ3v) is 3.98. The molecule has 110 valence electrons. The number of carbonyl (C=O) groups is 1. The van der Waals surface area contributed by atoms with Crippen LogP contribution in [0.5, 0.6) is 5.75 Å². The number of hydrogen-bond donors (Lipinski definition) is 2. The third-order valence-electron chi connectivity index (χ3n) is 3.98. The normalized spacial score (nSPS) is 26.1. The SMILES string of the molecule is CCOc1cccc(NC(=O)C2CCCCC2(C)N)c1. The number of nitrogens with two attached hydrogens (primary N) is 1. The van der Waals surface area contributed by atoms with Crippen LogP contribution in [0.15, 0.2) is 24.3 Å². The zero-order valence-electron chi connectivity index (χ0n) is 12.3. The number of hydrogen-bond acceptors (Lipinski definition) is 3. The van der Waals surface area contributed by atoms with Gasteiger partial charge in [-0.25, -0.2) is 0 Å². The van der Waals surface area contributed by atoms with E-state index in [1.54, 1.807) is 0 Å². The maximum Gasteiger partial charge on any atom is 0.229 e. The smallest absolute Gasteiger partial charge is 0.229 e. The predicted molar refractivity (Wildman–Crippen MR) is 80.8 cm³/mol. The van der Waals surface area contributed by atoms with Gasteiger partial charge in [-0.1, -0.05) is 18.9 Å². The Bertz CT molecular complexity index is 471. The van der Waals surface area contributed by atoms with Gasteiger partial charge in [-0.3, -0.25) is 4.79 Å². The first kappa shape index (κ1) is 14.9. The molecule has 0 radical (unpaired) electrons. The Kier molecular flexibility index (Phi) is 4.65. The van der Waals surface area contributed by atoms with Crippen molar-refractivity contribution in [2.75, 3.05) is 11.9 Å². The molecular formula is C16H24N2O2. The molecule has 2 unspecified atom stereocenters. The van der Waals surface area contributed by atoms with Crippen molar-refractivity contribution in [3.8, 4) is 5.75 Å². The largest absolute Gasteiger partial charge is 0.494 e. The number of carbonyl (C=O) groups excluding carboxylic acids is 1. The highest BCUT2D eigenvalue weighted by Gasteiger charge is 2.37. The third kappa shape index (κ3) is 3.51. The minimum Gasteiger partial charge on any atom is -0.494 e. The minimum absolute atomic E-state index is 0.0170. The lowest BCUT2D eigenvalue weighted by Crippen LogP contribution is -2.51. The molecule has 1 amide bonds. The van der Waals surface area contributed by atoms with Crippen LogP contribution in [0.2, 0.25) is 0 Å². The van der Waals surface area contributed by atoms with Crippen LogP contribution in [0.25, 0.3) is 0 Å². The molecule has 0 saturated heterocycles. The lowest BCUT2D eigenvalue weighted by molar-refractivity contribution is -0.122. The van der Waals surface area contributed by atoms with Gasteiger partial charge in [-0.2, -0.15) is 0 Å². The molecular weight excluding hydrogens is 252 g/mol. The number of nitrogens with one attached hydrogen (secondary N) is 1. The van der Waals surface area contributed by atoms with Crippen LogP contribution in [0.1, 0.15) is 39.5 Å². The van der Waals surface area contributed by atoms with Crippen molar-refractivity contribution in [1.29, 1.82) is 0 Å². The summed E-state index contributed by atoms with van der Waals surface area (Å²) in [6.07, 6.45) is 3.95. The average molecular weight is 276 g/mol. The van der Waals surface area contributed by atoms with Gasteiger partial charge in [0.15, 0.2) is 0 Å². The molecule has 1 aromatic rings. The Hall–Kier alpha value is -1.55. The molecule has 0 heterocycles. The van der Waals surface area contributed by atoms with Crippen LogP contribution in [-0.2, 0) is 4.79 Å².